The van der Waals surface area contributed by atoms with Gasteiger partial charge in [-0.2, -0.15) is 0 Å². The van der Waals surface area contributed by atoms with Crippen LogP contribution >= 0.6 is 22.6 Å². The van der Waals surface area contributed by atoms with Crippen molar-refractivity contribution in [1.82, 2.24) is 4.98 Å². The first-order valence-corrected chi connectivity index (χ1v) is 10.2. The molecule has 4 rings (SSSR count). The molecular formula is C25H18INO. The molecular weight excluding hydrogens is 457 g/mol. The smallest absolute Gasteiger partial charge is 0.251 e. The van der Waals surface area contributed by atoms with Gasteiger partial charge in [0, 0.05) is 33.1 Å². The summed E-state index contributed by atoms with van der Waals surface area (Å²) < 4.78 is 1.23. The Hall–Kier alpha value is -2.84. The molecule has 1 aromatic heterocycles. The molecule has 28 heavy (non-hydrogen) atoms. The maximum absolute atomic E-state index is 12.4. The molecule has 0 bridgehead atoms. The van der Waals surface area contributed by atoms with Crippen LogP contribution in [0.2, 0.25) is 0 Å². The van der Waals surface area contributed by atoms with Gasteiger partial charge in [-0.25, -0.2) is 0 Å². The molecule has 136 valence electrons. The third-order valence-corrected chi connectivity index (χ3v) is 5.32. The van der Waals surface area contributed by atoms with Crippen LogP contribution in [0.15, 0.2) is 83.7 Å². The van der Waals surface area contributed by atoms with Gasteiger partial charge in [-0.3, -0.25) is 4.79 Å². The maximum Gasteiger partial charge on any atom is 0.251 e. The Morgan fingerprint density at radius 1 is 0.857 bits per heavy atom. The topological polar surface area (TPSA) is 32.9 Å². The average Bonchev–Trinajstić information content (AvgIpc) is 2.71. The predicted molar refractivity (Wildman–Crippen MR) is 124 cm³/mol. The molecule has 0 spiro atoms. The van der Waals surface area contributed by atoms with Crippen LogP contribution in [-0.4, -0.2) is 4.98 Å². The molecule has 0 aliphatic carbocycles. The lowest BCUT2D eigenvalue weighted by atomic mass is 10.0. The molecule has 3 aromatic carbocycles. The molecule has 0 saturated heterocycles. The largest absolute Gasteiger partial charge is 0.322 e. The van der Waals surface area contributed by atoms with Crippen molar-refractivity contribution in [2.24, 2.45) is 0 Å². The molecule has 0 radical (unpaired) electrons. The molecule has 1 heterocycles. The molecule has 0 aliphatic heterocycles. The number of hydrogen-bond donors (Lipinski definition) is 1. The summed E-state index contributed by atoms with van der Waals surface area (Å²) in [7, 11) is 0. The van der Waals surface area contributed by atoms with E-state index in [1.165, 1.54) is 9.13 Å². The third kappa shape index (κ3) is 4.52. The van der Waals surface area contributed by atoms with E-state index in [4.69, 9.17) is 0 Å². The molecule has 1 N–H and O–H groups in total. The number of halogens is 1. The number of nitrogens with one attached hydrogen (secondary N) is 1. The molecule has 0 amide bonds. The van der Waals surface area contributed by atoms with Crippen molar-refractivity contribution in [3.63, 3.8) is 0 Å². The summed E-state index contributed by atoms with van der Waals surface area (Å²) in [5.41, 5.74) is 4.86. The van der Waals surface area contributed by atoms with E-state index in [1.807, 2.05) is 54.6 Å². The first-order valence-electron chi connectivity index (χ1n) is 9.10. The first kappa shape index (κ1) is 18.5. The summed E-state index contributed by atoms with van der Waals surface area (Å²) >= 11 is 2.30. The summed E-state index contributed by atoms with van der Waals surface area (Å²) in [6.45, 7) is 0. The van der Waals surface area contributed by atoms with E-state index in [1.54, 1.807) is 0 Å². The fourth-order valence-electron chi connectivity index (χ4n) is 3.13. The van der Waals surface area contributed by atoms with E-state index in [-0.39, 0.29) is 5.56 Å². The highest BCUT2D eigenvalue weighted by Crippen LogP contribution is 2.15. The van der Waals surface area contributed by atoms with Gasteiger partial charge in [-0.05, 0) is 75.5 Å². The minimum Gasteiger partial charge on any atom is -0.322 e. The highest BCUT2D eigenvalue weighted by Gasteiger charge is 2.05. The van der Waals surface area contributed by atoms with Crippen molar-refractivity contribution in [2.45, 2.75) is 12.8 Å². The lowest BCUT2D eigenvalue weighted by molar-refractivity contribution is 1.12. The average molecular weight is 475 g/mol. The van der Waals surface area contributed by atoms with Gasteiger partial charge in [0.15, 0.2) is 0 Å². The molecule has 2 nitrogen and oxygen atoms in total. The zero-order chi connectivity index (χ0) is 19.3. The van der Waals surface area contributed by atoms with Gasteiger partial charge >= 0.3 is 0 Å². The Balaban J connectivity index is 1.59. The van der Waals surface area contributed by atoms with Crippen LogP contribution in [0.5, 0.6) is 0 Å². The Bertz CT molecular complexity index is 1230. The Labute approximate surface area is 177 Å². The van der Waals surface area contributed by atoms with Gasteiger partial charge in [-0.15, -0.1) is 0 Å². The summed E-state index contributed by atoms with van der Waals surface area (Å²) in [4.78, 5) is 15.4. The minimum absolute atomic E-state index is 0.0334. The van der Waals surface area contributed by atoms with E-state index in [2.05, 4.69) is 63.7 Å². The highest BCUT2D eigenvalue weighted by atomic mass is 127. The van der Waals surface area contributed by atoms with E-state index >= 15 is 0 Å². The normalized spacial score (nSPS) is 10.5. The number of rotatable bonds is 3. The van der Waals surface area contributed by atoms with Gasteiger partial charge in [0.25, 0.3) is 5.56 Å². The van der Waals surface area contributed by atoms with Crippen LogP contribution in [0.1, 0.15) is 22.3 Å². The maximum atomic E-state index is 12.4. The number of aromatic amines is 1. The summed E-state index contributed by atoms with van der Waals surface area (Å²) in [5, 5.41) is 1.01. The van der Waals surface area contributed by atoms with Gasteiger partial charge in [0.1, 0.15) is 0 Å². The molecule has 3 heteroatoms. The summed E-state index contributed by atoms with van der Waals surface area (Å²) in [6, 6.07) is 26.4. The summed E-state index contributed by atoms with van der Waals surface area (Å²) in [5.74, 6) is 6.48. The molecule has 0 aliphatic rings. The van der Waals surface area contributed by atoms with Crippen molar-refractivity contribution in [1.29, 1.82) is 0 Å². The number of hydrogen-bond acceptors (Lipinski definition) is 1. The number of benzene rings is 3. The van der Waals surface area contributed by atoms with E-state index in [9.17, 15) is 4.79 Å². The van der Waals surface area contributed by atoms with Crippen LogP contribution in [0, 0.1) is 15.4 Å². The second-order valence-corrected chi connectivity index (χ2v) is 7.94. The van der Waals surface area contributed by atoms with E-state index in [0.29, 0.717) is 6.42 Å². The highest BCUT2D eigenvalue weighted by molar-refractivity contribution is 14.1. The quantitative estimate of drug-likeness (QED) is 0.316. The van der Waals surface area contributed by atoms with Crippen LogP contribution in [0.3, 0.4) is 0 Å². The minimum atomic E-state index is -0.0334. The van der Waals surface area contributed by atoms with Gasteiger partial charge in [-0.1, -0.05) is 54.3 Å². The zero-order valence-corrected chi connectivity index (χ0v) is 17.4. The number of pyridine rings is 1. The summed E-state index contributed by atoms with van der Waals surface area (Å²) in [6.07, 6.45) is 1.34. The van der Waals surface area contributed by atoms with Crippen LogP contribution in [-0.2, 0) is 12.8 Å². The number of H-pyrrole nitrogens is 1. The van der Waals surface area contributed by atoms with Crippen molar-refractivity contribution >= 4 is 33.5 Å². The van der Waals surface area contributed by atoms with Crippen molar-refractivity contribution in [2.75, 3.05) is 0 Å². The third-order valence-electron chi connectivity index (χ3n) is 4.60. The number of aromatic nitrogens is 1. The van der Waals surface area contributed by atoms with E-state index in [0.717, 1.165) is 34.0 Å². The SMILES string of the molecule is O=c1[nH]c2ccc(C#CCc3ccc(I)cc3)cc2cc1Cc1ccccc1. The fourth-order valence-corrected chi connectivity index (χ4v) is 3.49. The van der Waals surface area contributed by atoms with E-state index < -0.39 is 0 Å². The Kier molecular flexibility index (Phi) is 5.59. The second kappa shape index (κ2) is 8.45. The van der Waals surface area contributed by atoms with Gasteiger partial charge < -0.3 is 4.98 Å². The second-order valence-electron chi connectivity index (χ2n) is 6.69. The van der Waals surface area contributed by atoms with Gasteiger partial charge in [0.05, 0.1) is 0 Å². The molecule has 0 saturated carbocycles. The molecule has 0 fully saturated rings. The molecule has 0 unspecified atom stereocenters. The van der Waals surface area contributed by atoms with Crippen LogP contribution in [0.4, 0.5) is 0 Å². The van der Waals surface area contributed by atoms with Gasteiger partial charge in [0.2, 0.25) is 0 Å². The Morgan fingerprint density at radius 3 is 2.43 bits per heavy atom. The number of fused-ring (bicyclic) bond motifs is 1. The molecule has 4 aromatic rings. The predicted octanol–water partition coefficient (Wildman–Crippen LogP) is 5.32. The fraction of sp³-hybridized carbons (Fsp3) is 0.0800. The van der Waals surface area contributed by atoms with Crippen molar-refractivity contribution < 1.29 is 0 Å². The lowest BCUT2D eigenvalue weighted by Gasteiger charge is -2.04. The first-order chi connectivity index (χ1) is 13.7. The molecule has 0 atom stereocenters. The van der Waals surface area contributed by atoms with Crippen LogP contribution < -0.4 is 5.56 Å². The standard InChI is InChI=1S/C25H18INO/c26-23-12-9-18(10-13-23)7-4-8-20-11-14-24-21(15-20)17-22(25(28)27-24)16-19-5-2-1-3-6-19/h1-3,5-6,9-15,17H,7,16H2,(H,27,28). The zero-order valence-electron chi connectivity index (χ0n) is 15.2. The lowest BCUT2D eigenvalue weighted by Crippen LogP contribution is -2.12. The van der Waals surface area contributed by atoms with Crippen molar-refractivity contribution in [3.8, 4) is 11.8 Å². The monoisotopic (exact) mass is 475 g/mol. The van der Waals surface area contributed by atoms with Crippen molar-refractivity contribution in [3.05, 3.63) is 115 Å². The Morgan fingerprint density at radius 2 is 1.64 bits per heavy atom. The van der Waals surface area contributed by atoms with Crippen LogP contribution in [0.25, 0.3) is 10.9 Å².